The normalized spacial score (nSPS) is 25.4. The molecule has 0 spiro atoms. The lowest BCUT2D eigenvalue weighted by molar-refractivity contribution is -0.278. The molecule has 3 rings (SSSR count). The van der Waals surface area contributed by atoms with Crippen molar-refractivity contribution in [1.82, 2.24) is 0 Å². The molecule has 33 heavy (non-hydrogen) atoms. The smallest absolute Gasteiger partial charge is 0.342 e. The number of hydrogen-bond donors (Lipinski definition) is 6. The van der Waals surface area contributed by atoms with Crippen molar-refractivity contribution in [2.24, 2.45) is 5.14 Å². The zero-order valence-corrected chi connectivity index (χ0v) is 18.1. The molecule has 5 atom stereocenters. The number of halogens is 1. The summed E-state index contributed by atoms with van der Waals surface area (Å²) >= 11 is 5.99. The standard InChI is InChI=1S/C18H19ClN2O11S/c19-9-5-10(21-6-7-2-1-3-30-7)8(4-11(9)33(20,28)29)17(27)32-18-14(24)12(22)13(23)15(31-18)16(25)26/h1-5,12-15,18,21-24H,6H2,(H,25,26)(H2,20,28,29)/t12-,13+,14-,15?,18-/m0/s1. The third-order valence-corrected chi connectivity index (χ3v) is 6.04. The number of carboxylic acid groups (broad SMARTS) is 1. The van der Waals surface area contributed by atoms with Crippen molar-refractivity contribution < 1.29 is 52.3 Å². The van der Waals surface area contributed by atoms with Crippen LogP contribution in [-0.2, 0) is 30.8 Å². The van der Waals surface area contributed by atoms with Gasteiger partial charge in [0.15, 0.2) is 6.10 Å². The first-order valence-corrected chi connectivity index (χ1v) is 11.1. The summed E-state index contributed by atoms with van der Waals surface area (Å²) in [6.45, 7) is 0.0485. The van der Waals surface area contributed by atoms with Crippen LogP contribution >= 0.6 is 11.6 Å². The van der Waals surface area contributed by atoms with E-state index >= 15 is 0 Å². The number of benzene rings is 1. The zero-order chi connectivity index (χ0) is 24.5. The molecule has 7 N–H and O–H groups in total. The highest BCUT2D eigenvalue weighted by molar-refractivity contribution is 7.89. The van der Waals surface area contributed by atoms with Gasteiger partial charge in [0.2, 0.25) is 16.3 Å². The maximum absolute atomic E-state index is 12.8. The van der Waals surface area contributed by atoms with Crippen LogP contribution < -0.4 is 10.5 Å². The van der Waals surface area contributed by atoms with E-state index in [9.17, 15) is 33.3 Å². The predicted molar refractivity (Wildman–Crippen MR) is 109 cm³/mol. The minimum atomic E-state index is -4.36. The van der Waals surface area contributed by atoms with E-state index in [0.717, 1.165) is 12.1 Å². The second-order valence-electron chi connectivity index (χ2n) is 6.95. The Kier molecular flexibility index (Phi) is 7.28. The summed E-state index contributed by atoms with van der Waals surface area (Å²) in [7, 11) is -4.36. The molecule has 2 aromatic rings. The number of hydrogen-bond acceptors (Lipinski definition) is 11. The lowest BCUT2D eigenvalue weighted by Gasteiger charge is -2.38. The van der Waals surface area contributed by atoms with Crippen molar-refractivity contribution in [2.45, 2.75) is 42.1 Å². The number of furan rings is 1. The number of carbonyl (C=O) groups is 2. The Morgan fingerprint density at radius 3 is 2.45 bits per heavy atom. The number of primary sulfonamides is 1. The summed E-state index contributed by atoms with van der Waals surface area (Å²) in [5.41, 5.74) is -0.437. The molecule has 2 heterocycles. The van der Waals surface area contributed by atoms with Crippen molar-refractivity contribution in [2.75, 3.05) is 5.32 Å². The summed E-state index contributed by atoms with van der Waals surface area (Å²) in [5, 5.41) is 46.4. The second-order valence-corrected chi connectivity index (χ2v) is 8.88. The number of anilines is 1. The molecule has 0 amide bonds. The van der Waals surface area contributed by atoms with Gasteiger partial charge in [-0.1, -0.05) is 11.6 Å². The number of nitrogens with one attached hydrogen (secondary N) is 1. The topological polar surface area (TPSA) is 219 Å². The minimum Gasteiger partial charge on any atom is -0.479 e. The summed E-state index contributed by atoms with van der Waals surface area (Å²) in [5.74, 6) is -2.51. The molecular weight excluding hydrogens is 488 g/mol. The Balaban J connectivity index is 1.93. The maximum Gasteiger partial charge on any atom is 0.342 e. The molecule has 1 unspecified atom stereocenters. The van der Waals surface area contributed by atoms with E-state index in [2.05, 4.69) is 5.32 Å². The zero-order valence-electron chi connectivity index (χ0n) is 16.5. The number of aliphatic hydroxyl groups is 3. The fourth-order valence-electron chi connectivity index (χ4n) is 3.00. The predicted octanol–water partition coefficient (Wildman–Crippen LogP) is -0.758. The van der Waals surface area contributed by atoms with Crippen molar-refractivity contribution in [1.29, 1.82) is 0 Å². The van der Waals surface area contributed by atoms with Crippen molar-refractivity contribution in [3.63, 3.8) is 0 Å². The van der Waals surface area contributed by atoms with Crippen LogP contribution in [0.5, 0.6) is 0 Å². The number of nitrogens with two attached hydrogens (primary N) is 1. The highest BCUT2D eigenvalue weighted by Gasteiger charge is 2.48. The number of carbonyl (C=O) groups excluding carboxylic acids is 1. The van der Waals surface area contributed by atoms with Gasteiger partial charge in [-0.3, -0.25) is 0 Å². The first-order valence-electron chi connectivity index (χ1n) is 9.16. The number of esters is 1. The average Bonchev–Trinajstić information content (AvgIpc) is 3.25. The van der Waals surface area contributed by atoms with Gasteiger partial charge in [0, 0.05) is 0 Å². The number of sulfonamides is 1. The highest BCUT2D eigenvalue weighted by atomic mass is 35.5. The quantitative estimate of drug-likeness (QED) is 0.255. The summed E-state index contributed by atoms with van der Waals surface area (Å²) in [6, 6.07) is 5.15. The van der Waals surface area contributed by atoms with Crippen LogP contribution in [0.25, 0.3) is 0 Å². The van der Waals surface area contributed by atoms with Crippen LogP contribution in [0.4, 0.5) is 5.69 Å². The minimum absolute atomic E-state index is 0.0190. The summed E-state index contributed by atoms with van der Waals surface area (Å²) < 4.78 is 38.7. The fraction of sp³-hybridized carbons (Fsp3) is 0.333. The fourth-order valence-corrected chi connectivity index (χ4v) is 4.10. The van der Waals surface area contributed by atoms with Crippen molar-refractivity contribution >= 4 is 39.3 Å². The molecule has 1 aromatic heterocycles. The van der Waals surface area contributed by atoms with Crippen molar-refractivity contribution in [3.05, 3.63) is 46.9 Å². The second kappa shape index (κ2) is 9.64. The van der Waals surface area contributed by atoms with Crippen LogP contribution in [0.15, 0.2) is 39.8 Å². The van der Waals surface area contributed by atoms with E-state index in [-0.39, 0.29) is 17.3 Å². The number of aliphatic carboxylic acids is 1. The van der Waals surface area contributed by atoms with E-state index in [1.807, 2.05) is 0 Å². The number of aliphatic hydroxyl groups excluding tert-OH is 3. The lowest BCUT2D eigenvalue weighted by Crippen LogP contribution is -2.60. The summed E-state index contributed by atoms with van der Waals surface area (Å²) in [4.78, 5) is 23.5. The highest BCUT2D eigenvalue weighted by Crippen LogP contribution is 2.31. The molecule has 0 saturated carbocycles. The number of rotatable bonds is 7. The first kappa shape index (κ1) is 24.9. The van der Waals surface area contributed by atoms with Crippen molar-refractivity contribution in [3.8, 4) is 0 Å². The van der Waals surface area contributed by atoms with E-state index in [1.165, 1.54) is 6.26 Å². The molecule has 1 fully saturated rings. The van der Waals surface area contributed by atoms with Gasteiger partial charge in [-0.25, -0.2) is 23.1 Å². The molecule has 1 saturated heterocycles. The Bertz CT molecular complexity index is 1140. The Morgan fingerprint density at radius 1 is 1.18 bits per heavy atom. The van der Waals surface area contributed by atoms with Gasteiger partial charge in [-0.05, 0) is 24.3 Å². The Labute approximate surface area is 191 Å². The molecule has 0 aliphatic carbocycles. The molecule has 1 aliphatic rings. The van der Waals surface area contributed by atoms with E-state index < -0.39 is 63.1 Å². The third-order valence-electron chi connectivity index (χ3n) is 4.67. The molecule has 1 aliphatic heterocycles. The monoisotopic (exact) mass is 506 g/mol. The van der Waals surface area contributed by atoms with E-state index in [4.69, 9.17) is 35.7 Å². The van der Waals surface area contributed by atoms with Gasteiger partial charge < -0.3 is 39.6 Å². The molecular formula is C18H19ClN2O11S. The van der Waals surface area contributed by atoms with Gasteiger partial charge in [0.25, 0.3) is 0 Å². The van der Waals surface area contributed by atoms with Crippen LogP contribution in [0.2, 0.25) is 5.02 Å². The Morgan fingerprint density at radius 2 is 1.88 bits per heavy atom. The Hall–Kier alpha value is -2.72. The molecule has 15 heteroatoms. The van der Waals surface area contributed by atoms with Crippen LogP contribution in [0.3, 0.4) is 0 Å². The molecule has 0 radical (unpaired) electrons. The summed E-state index contributed by atoms with van der Waals surface area (Å²) in [6.07, 6.45) is -8.64. The third kappa shape index (κ3) is 5.44. The largest absolute Gasteiger partial charge is 0.479 e. The van der Waals surface area contributed by atoms with Gasteiger partial charge in [-0.2, -0.15) is 0 Å². The molecule has 0 bridgehead atoms. The molecule has 180 valence electrons. The van der Waals surface area contributed by atoms with E-state index in [1.54, 1.807) is 12.1 Å². The molecule has 1 aromatic carbocycles. The molecule has 13 nitrogen and oxygen atoms in total. The van der Waals surface area contributed by atoms with E-state index in [0.29, 0.717) is 5.76 Å². The van der Waals surface area contributed by atoms with Gasteiger partial charge in [-0.15, -0.1) is 0 Å². The van der Waals surface area contributed by atoms with Crippen LogP contribution in [-0.4, -0.2) is 71.5 Å². The van der Waals surface area contributed by atoms with Crippen LogP contribution in [0, 0.1) is 0 Å². The average molecular weight is 507 g/mol. The SMILES string of the molecule is NS(=O)(=O)c1cc(C(=O)O[C@@H]2OC(C(=O)O)[C@H](O)[C@H](O)[C@@H]2O)c(NCc2ccco2)cc1Cl. The van der Waals surface area contributed by atoms with Gasteiger partial charge in [0.1, 0.15) is 29.0 Å². The number of ether oxygens (including phenoxy) is 2. The first-order chi connectivity index (χ1) is 15.4. The van der Waals surface area contributed by atoms with Crippen LogP contribution in [0.1, 0.15) is 16.1 Å². The van der Waals surface area contributed by atoms with Gasteiger partial charge >= 0.3 is 11.9 Å². The van der Waals surface area contributed by atoms with Gasteiger partial charge in [0.05, 0.1) is 29.1 Å². The number of carboxylic acids is 1. The lowest BCUT2D eigenvalue weighted by atomic mass is 9.99. The maximum atomic E-state index is 12.8.